The van der Waals surface area contributed by atoms with Gasteiger partial charge in [0.15, 0.2) is 0 Å². The van der Waals surface area contributed by atoms with Gasteiger partial charge >= 0.3 is 6.36 Å². The topological polar surface area (TPSA) is 59.1 Å². The first-order valence-corrected chi connectivity index (χ1v) is 8.96. The smallest absolute Gasteiger partial charge is 0.406 e. The number of benzene rings is 2. The van der Waals surface area contributed by atoms with Gasteiger partial charge in [0.25, 0.3) is 0 Å². The lowest BCUT2D eigenvalue weighted by molar-refractivity contribution is -0.274. The number of rotatable bonds is 5. The van der Waals surface area contributed by atoms with Crippen LogP contribution in [-0.2, 0) is 0 Å². The van der Waals surface area contributed by atoms with Gasteiger partial charge in [-0.25, -0.2) is 9.37 Å². The molecule has 1 aromatic heterocycles. The summed E-state index contributed by atoms with van der Waals surface area (Å²) in [5.41, 5.74) is 0.924. The van der Waals surface area contributed by atoms with Crippen LogP contribution in [0.3, 0.4) is 0 Å². The van der Waals surface area contributed by atoms with Crippen LogP contribution in [0, 0.1) is 9.39 Å². The number of hydrogen-bond acceptors (Lipinski definition) is 5. The molecule has 0 radical (unpaired) electrons. The highest BCUT2D eigenvalue weighted by atomic mass is 127. The molecule has 0 aliphatic heterocycles. The number of aromatic nitrogens is 2. The molecule has 0 bridgehead atoms. The van der Waals surface area contributed by atoms with E-state index in [-0.39, 0.29) is 23.2 Å². The molecule has 10 heteroatoms. The third-order valence-corrected chi connectivity index (χ3v) is 4.18. The zero-order valence-corrected chi connectivity index (χ0v) is 16.5. The number of ether oxygens (including phenoxy) is 1. The quantitative estimate of drug-likeness (QED) is 0.352. The maximum absolute atomic E-state index is 14.1. The average Bonchev–Trinajstić information content (AvgIpc) is 2.62. The molecule has 5 nitrogen and oxygen atoms in total. The Morgan fingerprint density at radius 1 is 1.04 bits per heavy atom. The molecule has 0 spiro atoms. The molecule has 28 heavy (non-hydrogen) atoms. The molecule has 0 unspecified atom stereocenters. The van der Waals surface area contributed by atoms with E-state index >= 15 is 0 Å². The Hall–Kier alpha value is -2.63. The van der Waals surface area contributed by atoms with E-state index in [1.165, 1.54) is 30.3 Å². The SMILES string of the molecule is CNc1nc(Nc2ccc(I)cc2F)cc(-c2cccc(OC(F)(F)F)c2)n1. The van der Waals surface area contributed by atoms with Crippen molar-refractivity contribution < 1.29 is 22.3 Å². The normalized spacial score (nSPS) is 11.2. The van der Waals surface area contributed by atoms with Gasteiger partial charge in [-0.05, 0) is 52.9 Å². The molecular weight excluding hydrogens is 491 g/mol. The van der Waals surface area contributed by atoms with Crippen LogP contribution in [0.4, 0.5) is 35.0 Å². The third-order valence-electron chi connectivity index (χ3n) is 3.51. The molecule has 0 aliphatic carbocycles. The van der Waals surface area contributed by atoms with Crippen molar-refractivity contribution in [1.82, 2.24) is 9.97 Å². The summed E-state index contributed by atoms with van der Waals surface area (Å²) in [6.07, 6.45) is -4.80. The predicted molar refractivity (Wildman–Crippen MR) is 106 cm³/mol. The van der Waals surface area contributed by atoms with Crippen molar-refractivity contribution in [2.24, 2.45) is 0 Å². The van der Waals surface area contributed by atoms with Crippen molar-refractivity contribution in [3.63, 3.8) is 0 Å². The Bertz CT molecular complexity index is 998. The molecule has 3 rings (SSSR count). The minimum Gasteiger partial charge on any atom is -0.406 e. The van der Waals surface area contributed by atoms with Crippen LogP contribution >= 0.6 is 22.6 Å². The van der Waals surface area contributed by atoms with Crippen LogP contribution in [0.15, 0.2) is 48.5 Å². The molecule has 0 aliphatic rings. The Morgan fingerprint density at radius 2 is 1.82 bits per heavy atom. The fourth-order valence-electron chi connectivity index (χ4n) is 2.35. The summed E-state index contributed by atoms with van der Waals surface area (Å²) in [5.74, 6) is -0.337. The van der Waals surface area contributed by atoms with Crippen LogP contribution < -0.4 is 15.4 Å². The van der Waals surface area contributed by atoms with Crippen molar-refractivity contribution >= 4 is 40.0 Å². The second kappa shape index (κ2) is 8.17. The number of halogens is 5. The Labute approximate surface area is 171 Å². The Balaban J connectivity index is 1.96. The first-order chi connectivity index (χ1) is 13.2. The zero-order valence-electron chi connectivity index (χ0n) is 14.3. The van der Waals surface area contributed by atoms with Gasteiger partial charge in [-0.2, -0.15) is 4.98 Å². The zero-order chi connectivity index (χ0) is 20.3. The highest BCUT2D eigenvalue weighted by Crippen LogP contribution is 2.29. The van der Waals surface area contributed by atoms with Crippen molar-refractivity contribution in [2.45, 2.75) is 6.36 Å². The van der Waals surface area contributed by atoms with Gasteiger partial charge in [-0.3, -0.25) is 0 Å². The van der Waals surface area contributed by atoms with E-state index in [4.69, 9.17) is 0 Å². The van der Waals surface area contributed by atoms with Gasteiger partial charge in [0.1, 0.15) is 17.4 Å². The Kier molecular flexibility index (Phi) is 5.87. The highest BCUT2D eigenvalue weighted by Gasteiger charge is 2.31. The van der Waals surface area contributed by atoms with Gasteiger partial charge in [0.05, 0.1) is 11.4 Å². The summed E-state index contributed by atoms with van der Waals surface area (Å²) in [7, 11) is 1.59. The first-order valence-electron chi connectivity index (χ1n) is 7.88. The van der Waals surface area contributed by atoms with Crippen molar-refractivity contribution in [3.8, 4) is 17.0 Å². The lowest BCUT2D eigenvalue weighted by atomic mass is 10.1. The van der Waals surface area contributed by atoms with E-state index in [1.807, 2.05) is 22.6 Å². The van der Waals surface area contributed by atoms with Crippen molar-refractivity contribution in [3.05, 3.63) is 57.9 Å². The molecular formula is C18H13F4IN4O. The van der Waals surface area contributed by atoms with Gasteiger partial charge in [-0.1, -0.05) is 12.1 Å². The van der Waals surface area contributed by atoms with Crippen LogP contribution in [0.25, 0.3) is 11.3 Å². The number of nitrogens with one attached hydrogen (secondary N) is 2. The molecule has 146 valence electrons. The molecule has 2 aromatic carbocycles. The maximum atomic E-state index is 14.1. The van der Waals surface area contributed by atoms with E-state index in [0.29, 0.717) is 11.3 Å². The van der Waals surface area contributed by atoms with Crippen LogP contribution in [-0.4, -0.2) is 23.4 Å². The highest BCUT2D eigenvalue weighted by molar-refractivity contribution is 14.1. The summed E-state index contributed by atoms with van der Waals surface area (Å²) in [4.78, 5) is 8.45. The first kappa shape index (κ1) is 20.1. The van der Waals surface area contributed by atoms with Crippen LogP contribution in [0.5, 0.6) is 5.75 Å². The van der Waals surface area contributed by atoms with Crippen LogP contribution in [0.2, 0.25) is 0 Å². The second-order valence-corrected chi connectivity index (χ2v) is 6.78. The molecule has 2 N–H and O–H groups in total. The molecule has 0 atom stereocenters. The van der Waals surface area contributed by atoms with E-state index in [1.54, 1.807) is 25.2 Å². The summed E-state index contributed by atoms with van der Waals surface area (Å²) >= 11 is 1.99. The largest absolute Gasteiger partial charge is 0.573 e. The number of hydrogen-bond donors (Lipinski definition) is 2. The number of nitrogens with zero attached hydrogens (tertiary/aromatic N) is 2. The predicted octanol–water partition coefficient (Wildman–Crippen LogP) is 5.57. The van der Waals surface area contributed by atoms with Crippen molar-refractivity contribution in [2.75, 3.05) is 17.7 Å². The fraction of sp³-hybridized carbons (Fsp3) is 0.111. The minimum atomic E-state index is -4.80. The standard InChI is InChI=1S/C18H13F4IN4O/c1-24-17-26-15(10-3-2-4-12(7-10)28-18(20,21)22)9-16(27-17)25-14-6-5-11(23)8-13(14)19/h2-9H,1H3,(H2,24,25,26,27). The minimum absolute atomic E-state index is 0.210. The number of alkyl halides is 3. The lowest BCUT2D eigenvalue weighted by Crippen LogP contribution is -2.17. The maximum Gasteiger partial charge on any atom is 0.573 e. The molecule has 0 fully saturated rings. The van der Waals surface area contributed by atoms with Crippen LogP contribution in [0.1, 0.15) is 0 Å². The van der Waals surface area contributed by atoms with Gasteiger partial charge in [-0.15, -0.1) is 13.2 Å². The summed E-state index contributed by atoms with van der Waals surface area (Å²) in [6.45, 7) is 0. The summed E-state index contributed by atoms with van der Waals surface area (Å²) in [5, 5.41) is 5.63. The Morgan fingerprint density at radius 3 is 2.50 bits per heavy atom. The number of anilines is 3. The molecule has 1 heterocycles. The monoisotopic (exact) mass is 504 g/mol. The third kappa shape index (κ3) is 5.21. The van der Waals surface area contributed by atoms with Gasteiger partial charge < -0.3 is 15.4 Å². The summed E-state index contributed by atoms with van der Waals surface area (Å²) < 4.78 is 56.2. The molecule has 0 saturated heterocycles. The summed E-state index contributed by atoms with van der Waals surface area (Å²) in [6, 6.07) is 11.6. The fourth-order valence-corrected chi connectivity index (χ4v) is 2.81. The van der Waals surface area contributed by atoms with E-state index in [2.05, 4.69) is 25.3 Å². The van der Waals surface area contributed by atoms with E-state index in [0.717, 1.165) is 3.57 Å². The van der Waals surface area contributed by atoms with Crippen molar-refractivity contribution in [1.29, 1.82) is 0 Å². The van der Waals surface area contributed by atoms with Gasteiger partial charge in [0.2, 0.25) is 5.95 Å². The average molecular weight is 504 g/mol. The van der Waals surface area contributed by atoms with E-state index < -0.39 is 12.2 Å². The van der Waals surface area contributed by atoms with E-state index in [9.17, 15) is 17.6 Å². The van der Waals surface area contributed by atoms with Gasteiger partial charge in [0, 0.05) is 22.2 Å². The second-order valence-electron chi connectivity index (χ2n) is 5.54. The molecule has 0 saturated carbocycles. The lowest BCUT2D eigenvalue weighted by Gasteiger charge is -2.12. The molecule has 3 aromatic rings. The molecule has 0 amide bonds.